The molecule has 0 aromatic rings. The fourth-order valence-electron chi connectivity index (χ4n) is 9.46. The van der Waals surface area contributed by atoms with Crippen LogP contribution < -0.4 is 0 Å². The number of fused-ring (bicyclic) bond motifs is 2. The lowest BCUT2D eigenvalue weighted by Crippen LogP contribution is -2.39. The number of hydrogen-bond donors (Lipinski definition) is 1. The molecule has 2 atom stereocenters. The summed E-state index contributed by atoms with van der Waals surface area (Å²) in [6, 6.07) is 0. The number of ether oxygens (including phenoxy) is 4. The second-order valence-electron chi connectivity index (χ2n) is 18.4. The van der Waals surface area contributed by atoms with Gasteiger partial charge >= 0.3 is 11.9 Å². The topological polar surface area (TPSA) is 94.5 Å². The molecule has 2 unspecified atom stereocenters. The van der Waals surface area contributed by atoms with Gasteiger partial charge in [-0.15, -0.1) is 0 Å². The Hall–Kier alpha value is -1.22. The molecular weight excluding hydrogens is 703 g/mol. The molecule has 2 saturated carbocycles. The van der Waals surface area contributed by atoms with Crippen molar-refractivity contribution < 1.29 is 33.6 Å². The molecule has 2 rings (SSSR count). The highest BCUT2D eigenvalue weighted by Gasteiger charge is 2.41. The molecule has 2 aliphatic carbocycles. The molecule has 0 amide bonds. The first kappa shape index (κ1) is 50.9. The van der Waals surface area contributed by atoms with Gasteiger partial charge in [0.25, 0.3) is 0 Å². The van der Waals surface area contributed by atoms with E-state index in [-0.39, 0.29) is 30.3 Å². The zero-order valence-corrected chi connectivity index (χ0v) is 37.3. The molecule has 0 spiro atoms. The van der Waals surface area contributed by atoms with Gasteiger partial charge in [0.1, 0.15) is 0 Å². The zero-order valence-electron chi connectivity index (χ0n) is 37.3. The highest BCUT2D eigenvalue weighted by atomic mass is 16.7. The summed E-state index contributed by atoms with van der Waals surface area (Å²) in [4.78, 5) is 27.4. The normalized spacial score (nSPS) is 20.9. The molecule has 8 nitrogen and oxygen atoms in total. The maximum atomic E-state index is 12.5. The monoisotopic (exact) mass is 794 g/mol. The van der Waals surface area contributed by atoms with Crippen molar-refractivity contribution in [2.45, 2.75) is 220 Å². The Bertz CT molecular complexity index is 910. The van der Waals surface area contributed by atoms with Crippen molar-refractivity contribution in [3.8, 4) is 0 Å². The van der Waals surface area contributed by atoms with Crippen molar-refractivity contribution in [1.29, 1.82) is 0 Å². The summed E-state index contributed by atoms with van der Waals surface area (Å²) in [6.07, 6.45) is 31.8. The number of aliphatic hydroxyl groups is 1. The maximum absolute atomic E-state index is 12.5. The number of unbranched alkanes of at least 4 members (excludes halogenated alkanes) is 17. The lowest BCUT2D eigenvalue weighted by molar-refractivity contribution is -0.159. The highest BCUT2D eigenvalue weighted by Crippen LogP contribution is 2.50. The van der Waals surface area contributed by atoms with Crippen LogP contribution in [0.5, 0.6) is 0 Å². The van der Waals surface area contributed by atoms with E-state index in [1.807, 2.05) is 0 Å². The number of aliphatic hydroxyl groups excluding tert-OH is 1. The fraction of sp³-hybridized carbons (Fsp3) is 0.958. The number of hydrogen-bond acceptors (Lipinski definition) is 8. The van der Waals surface area contributed by atoms with E-state index in [0.717, 1.165) is 108 Å². The van der Waals surface area contributed by atoms with Crippen LogP contribution in [0.4, 0.5) is 0 Å². The van der Waals surface area contributed by atoms with E-state index in [1.54, 1.807) is 0 Å². The first-order valence-corrected chi connectivity index (χ1v) is 24.1. The van der Waals surface area contributed by atoms with Gasteiger partial charge in [0.15, 0.2) is 6.29 Å². The van der Waals surface area contributed by atoms with Crippen molar-refractivity contribution in [3.63, 3.8) is 0 Å². The minimum atomic E-state index is -0.324. The molecule has 0 heterocycles. The molecule has 1 N–H and O–H groups in total. The van der Waals surface area contributed by atoms with Crippen molar-refractivity contribution in [2.24, 2.45) is 23.2 Å². The van der Waals surface area contributed by atoms with Crippen LogP contribution in [-0.2, 0) is 28.5 Å². The second kappa shape index (κ2) is 33.6. The number of carbonyl (C=O) groups excluding carboxylic acids is 2. The molecule has 0 saturated heterocycles. The third kappa shape index (κ3) is 26.7. The largest absolute Gasteiger partial charge is 0.466 e. The summed E-state index contributed by atoms with van der Waals surface area (Å²) >= 11 is 0. The van der Waals surface area contributed by atoms with E-state index in [1.165, 1.54) is 96.3 Å². The first-order chi connectivity index (χ1) is 27.3. The van der Waals surface area contributed by atoms with Crippen LogP contribution in [0.3, 0.4) is 0 Å². The molecule has 0 aliphatic heterocycles. The third-order valence-corrected chi connectivity index (χ3v) is 12.4. The van der Waals surface area contributed by atoms with E-state index in [9.17, 15) is 14.7 Å². The van der Waals surface area contributed by atoms with Crippen LogP contribution >= 0.6 is 0 Å². The van der Waals surface area contributed by atoms with Crippen LogP contribution in [0.2, 0.25) is 0 Å². The highest BCUT2D eigenvalue weighted by molar-refractivity contribution is 5.69. The van der Waals surface area contributed by atoms with Crippen molar-refractivity contribution in [1.82, 2.24) is 4.90 Å². The van der Waals surface area contributed by atoms with Gasteiger partial charge in [0.05, 0.1) is 26.2 Å². The standard InChI is InChI=1S/C48H91NO7/c1-5-7-9-11-17-24-34-54-47(55-35-25-18-12-10-8-6-2)28-27-46(52)53-33-23-19-16-22-30-49(31-32-50)29-21-15-13-14-20-26-45(51)56-41-48(4)39-43-36-42(3)37-44(38-43)40-48/h42-44,47,50H,5-41H2,1-4H3. The van der Waals surface area contributed by atoms with Crippen LogP contribution in [-0.4, -0.2) is 80.9 Å². The Kier molecular flexibility index (Phi) is 30.5. The molecular formula is C48H91NO7. The van der Waals surface area contributed by atoms with Crippen LogP contribution in [0.1, 0.15) is 214 Å². The van der Waals surface area contributed by atoms with E-state index >= 15 is 0 Å². The van der Waals surface area contributed by atoms with Gasteiger partial charge in [-0.25, -0.2) is 0 Å². The van der Waals surface area contributed by atoms with E-state index in [2.05, 4.69) is 32.6 Å². The molecule has 2 fully saturated rings. The van der Waals surface area contributed by atoms with E-state index in [4.69, 9.17) is 18.9 Å². The summed E-state index contributed by atoms with van der Waals surface area (Å²) in [6.45, 7) is 14.6. The SMILES string of the molecule is CCCCCCCCOC(CCC(=O)OCCCCCCN(CCO)CCCCCCCC(=O)OCC1(C)CC2CC(C)CC(C2)C1)OCCCCCCCC. The van der Waals surface area contributed by atoms with Crippen LogP contribution in [0, 0.1) is 23.2 Å². The quantitative estimate of drug-likeness (QED) is 0.0375. The van der Waals surface area contributed by atoms with Gasteiger partial charge in [-0.2, -0.15) is 0 Å². The number of nitrogens with zero attached hydrogens (tertiary/aromatic N) is 1. The van der Waals surface area contributed by atoms with Gasteiger partial charge in [-0.3, -0.25) is 9.59 Å². The van der Waals surface area contributed by atoms with Gasteiger partial charge in [0.2, 0.25) is 0 Å². The maximum Gasteiger partial charge on any atom is 0.305 e. The van der Waals surface area contributed by atoms with E-state index < -0.39 is 0 Å². The smallest absolute Gasteiger partial charge is 0.305 e. The minimum Gasteiger partial charge on any atom is -0.466 e. The van der Waals surface area contributed by atoms with Crippen molar-refractivity contribution >= 4 is 11.9 Å². The first-order valence-electron chi connectivity index (χ1n) is 24.1. The van der Waals surface area contributed by atoms with Crippen LogP contribution in [0.25, 0.3) is 0 Å². The zero-order chi connectivity index (χ0) is 40.5. The van der Waals surface area contributed by atoms with Crippen molar-refractivity contribution in [3.05, 3.63) is 0 Å². The minimum absolute atomic E-state index is 0.0142. The van der Waals surface area contributed by atoms with Gasteiger partial charge in [0, 0.05) is 38.0 Å². The lowest BCUT2D eigenvalue weighted by Gasteiger charge is -2.46. The van der Waals surface area contributed by atoms with Crippen molar-refractivity contribution in [2.75, 3.05) is 52.7 Å². The molecule has 2 bridgehead atoms. The summed E-state index contributed by atoms with van der Waals surface area (Å²) < 4.78 is 23.5. The average Bonchev–Trinajstić information content (AvgIpc) is 3.16. The summed E-state index contributed by atoms with van der Waals surface area (Å²) in [5.74, 6) is 2.34. The summed E-state index contributed by atoms with van der Waals surface area (Å²) in [5.41, 5.74) is 0.175. The predicted octanol–water partition coefficient (Wildman–Crippen LogP) is 12.0. The Morgan fingerprint density at radius 1 is 0.607 bits per heavy atom. The second-order valence-corrected chi connectivity index (χ2v) is 18.4. The predicted molar refractivity (Wildman–Crippen MR) is 231 cm³/mol. The molecule has 56 heavy (non-hydrogen) atoms. The Balaban J connectivity index is 1.47. The molecule has 0 aromatic carbocycles. The fourth-order valence-corrected chi connectivity index (χ4v) is 9.46. The Labute approximate surface area is 345 Å². The van der Waals surface area contributed by atoms with Gasteiger partial charge in [-0.1, -0.05) is 124 Å². The van der Waals surface area contributed by atoms with E-state index in [0.29, 0.717) is 45.7 Å². The third-order valence-electron chi connectivity index (χ3n) is 12.4. The Morgan fingerprint density at radius 2 is 1.09 bits per heavy atom. The summed E-state index contributed by atoms with van der Waals surface area (Å²) in [5, 5.41) is 9.59. The summed E-state index contributed by atoms with van der Waals surface area (Å²) in [7, 11) is 0. The van der Waals surface area contributed by atoms with Crippen LogP contribution in [0.15, 0.2) is 0 Å². The van der Waals surface area contributed by atoms with Gasteiger partial charge in [-0.05, 0) is 101 Å². The molecule has 8 heteroatoms. The number of rotatable bonds is 38. The number of esters is 2. The molecule has 0 radical (unpaired) electrons. The van der Waals surface area contributed by atoms with Gasteiger partial charge < -0.3 is 29.0 Å². The lowest BCUT2D eigenvalue weighted by atomic mass is 9.60. The Morgan fingerprint density at radius 3 is 1.64 bits per heavy atom. The molecule has 2 aliphatic rings. The average molecular weight is 794 g/mol. The number of carbonyl (C=O) groups is 2. The molecule has 0 aromatic heterocycles. The molecule has 330 valence electrons.